The molecule has 2 rings (SSSR count). The first-order valence-corrected chi connectivity index (χ1v) is 12.8. The molecule has 8 heteroatoms. The van der Waals surface area contributed by atoms with E-state index < -0.39 is 16.1 Å². The quantitative estimate of drug-likeness (QED) is 0.528. The Bertz CT molecular complexity index is 1050. The van der Waals surface area contributed by atoms with Crippen LogP contribution in [0.15, 0.2) is 42.5 Å². The van der Waals surface area contributed by atoms with Gasteiger partial charge in [0, 0.05) is 5.02 Å². The fourth-order valence-corrected chi connectivity index (χ4v) is 4.95. The van der Waals surface area contributed by atoms with Gasteiger partial charge in [0.2, 0.25) is 15.9 Å². The first kappa shape index (κ1) is 26.0. The molecule has 1 unspecified atom stereocenters. The summed E-state index contributed by atoms with van der Waals surface area (Å²) < 4.78 is 32.3. The normalized spacial score (nSPS) is 12.8. The number of nitrogens with one attached hydrogen (secondary N) is 1. The number of carbonyl (C=O) groups excluding carboxylic acids is 1. The Kier molecular flexibility index (Phi) is 8.60. The number of para-hydroxylation sites is 1. The number of aryl methyl sites for hydroxylation is 1. The van der Waals surface area contributed by atoms with Gasteiger partial charge in [-0.25, -0.2) is 8.42 Å². The van der Waals surface area contributed by atoms with Gasteiger partial charge in [-0.2, -0.15) is 0 Å². The molecule has 32 heavy (non-hydrogen) atoms. The smallest absolute Gasteiger partial charge is 0.244 e. The van der Waals surface area contributed by atoms with Crippen molar-refractivity contribution in [3.8, 4) is 5.75 Å². The van der Waals surface area contributed by atoms with E-state index in [1.807, 2.05) is 24.3 Å². The van der Waals surface area contributed by atoms with Gasteiger partial charge in [0.05, 0.1) is 18.5 Å². The van der Waals surface area contributed by atoms with Crippen molar-refractivity contribution in [2.75, 3.05) is 23.7 Å². The molecule has 176 valence electrons. The van der Waals surface area contributed by atoms with Crippen molar-refractivity contribution in [3.63, 3.8) is 0 Å². The molecule has 1 atom stereocenters. The molecule has 1 N–H and O–H groups in total. The zero-order valence-electron chi connectivity index (χ0n) is 19.6. The number of anilines is 1. The van der Waals surface area contributed by atoms with Crippen LogP contribution in [0.4, 0.5) is 5.69 Å². The summed E-state index contributed by atoms with van der Waals surface area (Å²) in [5.41, 5.74) is 2.13. The van der Waals surface area contributed by atoms with Crippen molar-refractivity contribution < 1.29 is 17.9 Å². The van der Waals surface area contributed by atoms with Crippen molar-refractivity contribution in [3.05, 3.63) is 58.6 Å². The monoisotopic (exact) mass is 480 g/mol. The number of hydrogen-bond acceptors (Lipinski definition) is 4. The van der Waals surface area contributed by atoms with Gasteiger partial charge in [-0.3, -0.25) is 9.10 Å². The number of carbonyl (C=O) groups is 1. The highest BCUT2D eigenvalue weighted by Crippen LogP contribution is 2.31. The van der Waals surface area contributed by atoms with Crippen LogP contribution in [-0.4, -0.2) is 39.8 Å². The molecule has 0 fully saturated rings. The second-order valence-corrected chi connectivity index (χ2v) is 11.1. The zero-order chi connectivity index (χ0) is 24.1. The number of hydrogen-bond donors (Lipinski definition) is 1. The third kappa shape index (κ3) is 6.62. The Balaban J connectivity index is 2.13. The summed E-state index contributed by atoms with van der Waals surface area (Å²) in [7, 11) is -3.73. The van der Waals surface area contributed by atoms with Gasteiger partial charge < -0.3 is 10.1 Å². The zero-order valence-corrected chi connectivity index (χ0v) is 21.2. The minimum atomic E-state index is -3.73. The van der Waals surface area contributed by atoms with Gasteiger partial charge in [0.15, 0.2) is 0 Å². The summed E-state index contributed by atoms with van der Waals surface area (Å²) in [4.78, 5) is 13.0. The number of ether oxygens (including phenoxy) is 1. The predicted octanol–water partition coefficient (Wildman–Crippen LogP) is 4.69. The van der Waals surface area contributed by atoms with Crippen LogP contribution >= 0.6 is 11.6 Å². The van der Waals surface area contributed by atoms with E-state index in [9.17, 15) is 13.2 Å². The lowest BCUT2D eigenvalue weighted by atomic mass is 9.86. The Morgan fingerprint density at radius 3 is 2.44 bits per heavy atom. The second kappa shape index (κ2) is 10.6. The maximum absolute atomic E-state index is 13.0. The highest BCUT2D eigenvalue weighted by Gasteiger charge is 2.32. The number of halogens is 1. The van der Waals surface area contributed by atoms with Gasteiger partial charge in [-0.05, 0) is 48.1 Å². The summed E-state index contributed by atoms with van der Waals surface area (Å²) >= 11 is 6.11. The molecule has 0 aliphatic rings. The van der Waals surface area contributed by atoms with Crippen LogP contribution in [0.3, 0.4) is 0 Å². The minimum Gasteiger partial charge on any atom is -0.491 e. The lowest BCUT2D eigenvalue weighted by Gasteiger charge is -2.31. The van der Waals surface area contributed by atoms with Crippen molar-refractivity contribution >= 4 is 33.2 Å². The van der Waals surface area contributed by atoms with Crippen LogP contribution in [0.2, 0.25) is 5.02 Å². The van der Waals surface area contributed by atoms with Crippen molar-refractivity contribution in [1.29, 1.82) is 0 Å². The molecule has 0 bridgehead atoms. The largest absolute Gasteiger partial charge is 0.491 e. The van der Waals surface area contributed by atoms with Crippen molar-refractivity contribution in [2.45, 2.75) is 52.5 Å². The van der Waals surface area contributed by atoms with Crippen LogP contribution < -0.4 is 14.4 Å². The van der Waals surface area contributed by atoms with Crippen molar-refractivity contribution in [1.82, 2.24) is 5.32 Å². The molecule has 6 nitrogen and oxygen atoms in total. The van der Waals surface area contributed by atoms with E-state index in [-0.39, 0.29) is 24.5 Å². The van der Waals surface area contributed by atoms with E-state index in [2.05, 4.69) is 26.1 Å². The molecule has 0 saturated carbocycles. The number of nitrogens with zero attached hydrogens (tertiary/aromatic N) is 1. The van der Waals surface area contributed by atoms with Crippen molar-refractivity contribution in [2.24, 2.45) is 0 Å². The standard InChI is InChI=1S/C24H33ClN2O4S/c1-7-20(27(32(6,29)30)21-16-18(25)13-12-17(21)2)23(28)26-14-15-31-22-11-9-8-10-19(22)24(3,4)5/h8-13,16,20H,7,14-15H2,1-6H3,(H,26,28). The molecule has 1 amide bonds. The average molecular weight is 481 g/mol. The number of amides is 1. The average Bonchev–Trinajstić information content (AvgIpc) is 2.70. The number of sulfonamides is 1. The fraction of sp³-hybridized carbons (Fsp3) is 0.458. The van der Waals surface area contributed by atoms with Gasteiger partial charge in [-0.15, -0.1) is 0 Å². The first-order valence-electron chi connectivity index (χ1n) is 10.6. The first-order chi connectivity index (χ1) is 14.9. The van der Waals surface area contributed by atoms with E-state index in [4.69, 9.17) is 16.3 Å². The highest BCUT2D eigenvalue weighted by molar-refractivity contribution is 7.92. The second-order valence-electron chi connectivity index (χ2n) is 8.80. The number of benzene rings is 2. The Hall–Kier alpha value is -2.25. The Morgan fingerprint density at radius 2 is 1.84 bits per heavy atom. The molecule has 0 spiro atoms. The highest BCUT2D eigenvalue weighted by atomic mass is 35.5. The Morgan fingerprint density at radius 1 is 1.19 bits per heavy atom. The van der Waals surface area contributed by atoms with Crippen LogP contribution in [-0.2, 0) is 20.2 Å². The molecule has 2 aromatic rings. The molecule has 0 aliphatic carbocycles. The van der Waals surface area contributed by atoms with Gasteiger partial charge in [0.25, 0.3) is 0 Å². The molecular formula is C24H33ClN2O4S. The fourth-order valence-electron chi connectivity index (χ4n) is 3.52. The van der Waals surface area contributed by atoms with E-state index in [1.54, 1.807) is 32.0 Å². The summed E-state index contributed by atoms with van der Waals surface area (Å²) in [5, 5.41) is 3.22. The maximum atomic E-state index is 13.0. The third-order valence-corrected chi connectivity index (χ3v) is 6.49. The van der Waals surface area contributed by atoms with E-state index in [0.717, 1.165) is 21.9 Å². The Labute approximate surface area is 197 Å². The van der Waals surface area contributed by atoms with Crippen LogP contribution in [0.5, 0.6) is 5.75 Å². The molecule has 0 saturated heterocycles. The molecule has 0 heterocycles. The summed E-state index contributed by atoms with van der Waals surface area (Å²) in [6.07, 6.45) is 1.40. The van der Waals surface area contributed by atoms with E-state index in [0.29, 0.717) is 22.7 Å². The van der Waals surface area contributed by atoms with Crippen LogP contribution in [0.25, 0.3) is 0 Å². The minimum absolute atomic E-state index is 0.0715. The summed E-state index contributed by atoms with van der Waals surface area (Å²) in [6, 6.07) is 11.9. The summed E-state index contributed by atoms with van der Waals surface area (Å²) in [5.74, 6) is 0.388. The number of rotatable bonds is 9. The predicted molar refractivity (Wildman–Crippen MR) is 131 cm³/mol. The lowest BCUT2D eigenvalue weighted by molar-refractivity contribution is -0.122. The lowest BCUT2D eigenvalue weighted by Crippen LogP contribution is -2.50. The van der Waals surface area contributed by atoms with Crippen LogP contribution in [0, 0.1) is 6.92 Å². The molecule has 0 aliphatic heterocycles. The van der Waals surface area contributed by atoms with E-state index in [1.165, 1.54) is 0 Å². The SMILES string of the molecule is CCC(C(=O)NCCOc1ccccc1C(C)(C)C)N(c1cc(Cl)ccc1C)S(C)(=O)=O. The van der Waals surface area contributed by atoms with Gasteiger partial charge in [-0.1, -0.05) is 63.6 Å². The van der Waals surface area contributed by atoms with E-state index >= 15 is 0 Å². The van der Waals surface area contributed by atoms with Gasteiger partial charge in [0.1, 0.15) is 18.4 Å². The molecule has 0 radical (unpaired) electrons. The molecular weight excluding hydrogens is 448 g/mol. The maximum Gasteiger partial charge on any atom is 0.244 e. The molecule has 0 aromatic heterocycles. The third-order valence-electron chi connectivity index (χ3n) is 5.09. The molecule has 2 aromatic carbocycles. The van der Waals surface area contributed by atoms with Gasteiger partial charge >= 0.3 is 0 Å². The van der Waals surface area contributed by atoms with Crippen LogP contribution in [0.1, 0.15) is 45.2 Å². The topological polar surface area (TPSA) is 75.7 Å². The summed E-state index contributed by atoms with van der Waals surface area (Å²) in [6.45, 7) is 10.4.